The van der Waals surface area contributed by atoms with Crippen LogP contribution in [0.15, 0.2) is 12.4 Å². The second kappa shape index (κ2) is 5.31. The zero-order valence-corrected chi connectivity index (χ0v) is 7.66. The van der Waals surface area contributed by atoms with E-state index < -0.39 is 0 Å². The van der Waals surface area contributed by atoms with Crippen molar-refractivity contribution < 1.29 is 4.74 Å². The van der Waals surface area contributed by atoms with Gasteiger partial charge in [-0.2, -0.15) is 0 Å². The largest absolute Gasteiger partial charge is 0.385 e. The highest BCUT2D eigenvalue weighted by Crippen LogP contribution is 2.02. The van der Waals surface area contributed by atoms with Gasteiger partial charge in [-0.1, -0.05) is 0 Å². The summed E-state index contributed by atoms with van der Waals surface area (Å²) in [6, 6.07) is 0. The fourth-order valence-corrected chi connectivity index (χ4v) is 0.899. The molecule has 5 heteroatoms. The van der Waals surface area contributed by atoms with Crippen molar-refractivity contribution in [3.63, 3.8) is 0 Å². The summed E-state index contributed by atoms with van der Waals surface area (Å²) < 4.78 is 4.90. The quantitative estimate of drug-likeness (QED) is 0.649. The predicted molar refractivity (Wildman–Crippen MR) is 51.4 cm³/mol. The van der Waals surface area contributed by atoms with Crippen molar-refractivity contribution in [2.45, 2.75) is 6.42 Å². The van der Waals surface area contributed by atoms with E-state index in [1.165, 1.54) is 6.20 Å². The molecule has 0 saturated heterocycles. The van der Waals surface area contributed by atoms with Gasteiger partial charge in [-0.15, -0.1) is 0 Å². The molecule has 0 radical (unpaired) electrons. The Morgan fingerprint density at radius 1 is 1.54 bits per heavy atom. The van der Waals surface area contributed by atoms with Crippen molar-refractivity contribution in [1.82, 2.24) is 9.97 Å². The molecule has 5 nitrogen and oxygen atoms in total. The van der Waals surface area contributed by atoms with Crippen molar-refractivity contribution in [3.8, 4) is 0 Å². The molecule has 13 heavy (non-hydrogen) atoms. The van der Waals surface area contributed by atoms with Crippen LogP contribution in [-0.4, -0.2) is 30.2 Å². The van der Waals surface area contributed by atoms with Gasteiger partial charge in [0.1, 0.15) is 11.6 Å². The lowest BCUT2D eigenvalue weighted by molar-refractivity contribution is 0.198. The Morgan fingerprint density at radius 3 is 3.08 bits per heavy atom. The smallest absolute Gasteiger partial charge is 0.146 e. The summed E-state index contributed by atoms with van der Waals surface area (Å²) in [5.41, 5.74) is 5.45. The second-order valence-corrected chi connectivity index (χ2v) is 2.60. The molecule has 0 aliphatic rings. The molecule has 1 aromatic heterocycles. The van der Waals surface area contributed by atoms with Crippen molar-refractivity contribution in [3.05, 3.63) is 12.4 Å². The minimum atomic E-state index is 0.428. The Kier molecular flexibility index (Phi) is 3.98. The zero-order chi connectivity index (χ0) is 9.52. The minimum absolute atomic E-state index is 0.428. The minimum Gasteiger partial charge on any atom is -0.385 e. The van der Waals surface area contributed by atoms with Crippen LogP contribution < -0.4 is 11.1 Å². The van der Waals surface area contributed by atoms with E-state index in [4.69, 9.17) is 10.5 Å². The van der Waals surface area contributed by atoms with Gasteiger partial charge in [0, 0.05) is 20.3 Å². The molecule has 72 valence electrons. The highest BCUT2D eigenvalue weighted by Gasteiger charge is 1.93. The number of nitrogen functional groups attached to an aromatic ring is 1. The Labute approximate surface area is 77.3 Å². The number of hydrogen-bond donors (Lipinski definition) is 2. The van der Waals surface area contributed by atoms with Crippen LogP contribution in [0.2, 0.25) is 0 Å². The first-order valence-corrected chi connectivity index (χ1v) is 4.13. The van der Waals surface area contributed by atoms with Crippen LogP contribution in [-0.2, 0) is 4.74 Å². The standard InChI is InChI=1S/C8H14N4O/c1-13-4-2-3-11-8-6-10-5-7(9)12-8/h5-6H,2-4H2,1H3,(H3,9,11,12). The maximum atomic E-state index is 5.45. The molecule has 1 heterocycles. The molecule has 1 rings (SSSR count). The average Bonchev–Trinajstić information content (AvgIpc) is 2.13. The van der Waals surface area contributed by atoms with Crippen molar-refractivity contribution in [2.75, 3.05) is 31.3 Å². The summed E-state index contributed by atoms with van der Waals surface area (Å²) >= 11 is 0. The fraction of sp³-hybridized carbons (Fsp3) is 0.500. The third kappa shape index (κ3) is 3.71. The van der Waals surface area contributed by atoms with Crippen LogP contribution in [0, 0.1) is 0 Å². The van der Waals surface area contributed by atoms with E-state index in [1.54, 1.807) is 13.3 Å². The number of aromatic nitrogens is 2. The SMILES string of the molecule is COCCCNc1cncc(N)n1. The second-order valence-electron chi connectivity index (χ2n) is 2.60. The van der Waals surface area contributed by atoms with E-state index in [1.807, 2.05) is 0 Å². The first kappa shape index (κ1) is 9.73. The van der Waals surface area contributed by atoms with E-state index in [9.17, 15) is 0 Å². The molecule has 0 spiro atoms. The number of ether oxygens (including phenoxy) is 1. The summed E-state index contributed by atoms with van der Waals surface area (Å²) in [5.74, 6) is 1.13. The monoisotopic (exact) mass is 182 g/mol. The molecule has 1 aromatic rings. The molecule has 0 aliphatic heterocycles. The Bertz CT molecular complexity index is 254. The number of nitrogens with zero attached hydrogens (tertiary/aromatic N) is 2. The van der Waals surface area contributed by atoms with Gasteiger partial charge in [0.25, 0.3) is 0 Å². The number of rotatable bonds is 5. The lowest BCUT2D eigenvalue weighted by atomic mass is 10.4. The zero-order valence-electron chi connectivity index (χ0n) is 7.66. The number of hydrogen-bond acceptors (Lipinski definition) is 5. The topological polar surface area (TPSA) is 73.1 Å². The summed E-state index contributed by atoms with van der Waals surface area (Å²) in [6.07, 6.45) is 4.09. The molecule has 0 unspecified atom stereocenters. The average molecular weight is 182 g/mol. The normalized spacial score (nSPS) is 9.92. The van der Waals surface area contributed by atoms with Gasteiger partial charge in [-0.25, -0.2) is 4.98 Å². The molecule has 0 aliphatic carbocycles. The summed E-state index contributed by atoms with van der Waals surface area (Å²) in [4.78, 5) is 7.94. The summed E-state index contributed by atoms with van der Waals surface area (Å²) in [6.45, 7) is 1.55. The molecule has 0 atom stereocenters. The highest BCUT2D eigenvalue weighted by atomic mass is 16.5. The fourth-order valence-electron chi connectivity index (χ4n) is 0.899. The molecule has 0 bridgehead atoms. The van der Waals surface area contributed by atoms with Gasteiger partial charge in [-0.05, 0) is 6.42 Å². The van der Waals surface area contributed by atoms with E-state index in [0.717, 1.165) is 19.6 Å². The van der Waals surface area contributed by atoms with E-state index in [2.05, 4.69) is 15.3 Å². The van der Waals surface area contributed by atoms with Gasteiger partial charge >= 0.3 is 0 Å². The number of methoxy groups -OCH3 is 1. The first-order chi connectivity index (χ1) is 6.33. The maximum Gasteiger partial charge on any atom is 0.146 e. The Morgan fingerprint density at radius 2 is 2.38 bits per heavy atom. The first-order valence-electron chi connectivity index (χ1n) is 4.13. The van der Waals surface area contributed by atoms with Crippen LogP contribution in [0.1, 0.15) is 6.42 Å². The number of nitrogens with two attached hydrogens (primary N) is 1. The molecule has 3 N–H and O–H groups in total. The van der Waals surface area contributed by atoms with E-state index >= 15 is 0 Å². The molecule has 0 saturated carbocycles. The van der Waals surface area contributed by atoms with Crippen LogP contribution in [0.4, 0.5) is 11.6 Å². The highest BCUT2D eigenvalue weighted by molar-refractivity contribution is 5.37. The van der Waals surface area contributed by atoms with Crippen LogP contribution in [0.3, 0.4) is 0 Å². The number of anilines is 2. The van der Waals surface area contributed by atoms with Gasteiger partial charge < -0.3 is 15.8 Å². The Hall–Kier alpha value is -1.36. The third-order valence-corrected chi connectivity index (χ3v) is 1.48. The van der Waals surface area contributed by atoms with Gasteiger partial charge in [0.15, 0.2) is 0 Å². The van der Waals surface area contributed by atoms with E-state index in [0.29, 0.717) is 11.6 Å². The van der Waals surface area contributed by atoms with Gasteiger partial charge in [-0.3, -0.25) is 4.98 Å². The molecular weight excluding hydrogens is 168 g/mol. The lowest BCUT2D eigenvalue weighted by Crippen LogP contribution is -2.07. The lowest BCUT2D eigenvalue weighted by Gasteiger charge is -2.04. The van der Waals surface area contributed by atoms with Crippen molar-refractivity contribution in [1.29, 1.82) is 0 Å². The summed E-state index contributed by atoms with van der Waals surface area (Å²) in [5, 5.41) is 3.09. The molecule has 0 fully saturated rings. The Balaban J connectivity index is 2.28. The van der Waals surface area contributed by atoms with Gasteiger partial charge in [0.05, 0.1) is 12.4 Å². The predicted octanol–water partition coefficient (Wildman–Crippen LogP) is 0.507. The van der Waals surface area contributed by atoms with Crippen molar-refractivity contribution >= 4 is 11.6 Å². The third-order valence-electron chi connectivity index (χ3n) is 1.48. The number of nitrogens with one attached hydrogen (secondary N) is 1. The maximum absolute atomic E-state index is 5.45. The van der Waals surface area contributed by atoms with Crippen LogP contribution >= 0.6 is 0 Å². The molecular formula is C8H14N4O. The molecule has 0 amide bonds. The molecule has 0 aromatic carbocycles. The van der Waals surface area contributed by atoms with Crippen LogP contribution in [0.25, 0.3) is 0 Å². The van der Waals surface area contributed by atoms with Crippen LogP contribution in [0.5, 0.6) is 0 Å². The van der Waals surface area contributed by atoms with Crippen molar-refractivity contribution in [2.24, 2.45) is 0 Å². The summed E-state index contributed by atoms with van der Waals surface area (Å²) in [7, 11) is 1.68. The van der Waals surface area contributed by atoms with E-state index in [-0.39, 0.29) is 0 Å². The van der Waals surface area contributed by atoms with Gasteiger partial charge in [0.2, 0.25) is 0 Å².